The number of likely N-dealkylation sites (tertiary alicyclic amines) is 1. The van der Waals surface area contributed by atoms with E-state index in [1.54, 1.807) is 11.2 Å². The standard InChI is InChI=1S/C30H36N6OS/c1-14(2)25-26-17(5)28(22-9-21-8-20(22)10-35(21)11-24-18(6)34-37-19(24)7)38-30(26)33-27(25)23-12-36-29(31-13-32-36)16(4)15(23)3/h12-14,20-22,33H,8-11H2,1-7H3/t20?,21?,22-/m1/s1. The molecule has 0 aromatic carbocycles. The van der Waals surface area contributed by atoms with Crippen molar-refractivity contribution in [3.63, 3.8) is 0 Å². The van der Waals surface area contributed by atoms with Gasteiger partial charge in [0.15, 0.2) is 5.65 Å². The van der Waals surface area contributed by atoms with Gasteiger partial charge >= 0.3 is 0 Å². The summed E-state index contributed by atoms with van der Waals surface area (Å²) in [5.41, 5.74) is 11.1. The van der Waals surface area contributed by atoms with Gasteiger partial charge in [0.25, 0.3) is 0 Å². The smallest absolute Gasteiger partial charge is 0.158 e. The quantitative estimate of drug-likeness (QED) is 0.267. The lowest BCUT2D eigenvalue weighted by Gasteiger charge is -2.31. The van der Waals surface area contributed by atoms with Crippen molar-refractivity contribution in [1.82, 2.24) is 29.6 Å². The van der Waals surface area contributed by atoms with Crippen LogP contribution in [0.15, 0.2) is 17.0 Å². The first-order valence-corrected chi connectivity index (χ1v) is 14.6. The number of pyridine rings is 1. The molecule has 1 saturated carbocycles. The number of nitrogens with one attached hydrogen (secondary N) is 1. The van der Waals surface area contributed by atoms with E-state index in [0.717, 1.165) is 29.6 Å². The lowest BCUT2D eigenvalue weighted by molar-refractivity contribution is 0.191. The molecular formula is C30H36N6OS. The molecule has 1 aliphatic heterocycles. The molecule has 5 aromatic rings. The maximum atomic E-state index is 5.43. The molecule has 7 rings (SSSR count). The van der Waals surface area contributed by atoms with Crippen molar-refractivity contribution >= 4 is 27.2 Å². The Kier molecular flexibility index (Phi) is 5.40. The summed E-state index contributed by atoms with van der Waals surface area (Å²) in [6.45, 7) is 17.6. The topological polar surface area (TPSA) is 75.2 Å². The highest BCUT2D eigenvalue weighted by Crippen LogP contribution is 2.53. The highest BCUT2D eigenvalue weighted by Gasteiger charge is 2.46. The molecule has 3 atom stereocenters. The first-order valence-electron chi connectivity index (χ1n) is 13.8. The zero-order chi connectivity index (χ0) is 26.5. The highest BCUT2D eigenvalue weighted by molar-refractivity contribution is 7.19. The van der Waals surface area contributed by atoms with E-state index in [-0.39, 0.29) is 0 Å². The van der Waals surface area contributed by atoms with Crippen molar-refractivity contribution in [2.45, 2.75) is 85.7 Å². The van der Waals surface area contributed by atoms with E-state index in [4.69, 9.17) is 4.52 Å². The summed E-state index contributed by atoms with van der Waals surface area (Å²) >= 11 is 2.00. The van der Waals surface area contributed by atoms with Crippen molar-refractivity contribution in [2.24, 2.45) is 5.92 Å². The SMILES string of the molecule is Cc1noc(C)c1CN1CC2CC1C[C@H]2c1sc2[nH]c(-c3cn4ncnc4c(C)c3C)c(C(C)C)c2c1C. The second-order valence-corrected chi connectivity index (χ2v) is 13.0. The summed E-state index contributed by atoms with van der Waals surface area (Å²) in [4.78, 5) is 13.9. The first kappa shape index (κ1) is 24.1. The highest BCUT2D eigenvalue weighted by atomic mass is 32.1. The predicted octanol–water partition coefficient (Wildman–Crippen LogP) is 6.97. The zero-order valence-corrected chi connectivity index (χ0v) is 24.2. The molecule has 1 N–H and O–H groups in total. The molecule has 2 bridgehead atoms. The van der Waals surface area contributed by atoms with Gasteiger partial charge in [0.05, 0.1) is 11.4 Å². The molecule has 2 unspecified atom stereocenters. The van der Waals surface area contributed by atoms with Crippen molar-refractivity contribution in [2.75, 3.05) is 6.54 Å². The van der Waals surface area contributed by atoms with Gasteiger partial charge in [0.2, 0.25) is 0 Å². The Balaban J connectivity index is 1.24. The van der Waals surface area contributed by atoms with Crippen LogP contribution in [-0.2, 0) is 6.54 Å². The number of thiophene rings is 1. The lowest BCUT2D eigenvalue weighted by atomic mass is 9.88. The summed E-state index contributed by atoms with van der Waals surface area (Å²) in [5.74, 6) is 2.77. The van der Waals surface area contributed by atoms with Crippen LogP contribution >= 0.6 is 11.3 Å². The maximum absolute atomic E-state index is 5.43. The minimum absolute atomic E-state index is 0.414. The summed E-state index contributed by atoms with van der Waals surface area (Å²) in [5, 5.41) is 10.1. The van der Waals surface area contributed by atoms with Crippen LogP contribution in [0.5, 0.6) is 0 Å². The van der Waals surface area contributed by atoms with E-state index in [9.17, 15) is 0 Å². The molecule has 1 aliphatic carbocycles. The second kappa shape index (κ2) is 8.52. The molecule has 0 amide bonds. The Hall–Kier alpha value is -2.97. The van der Waals surface area contributed by atoms with Crippen LogP contribution in [0.3, 0.4) is 0 Å². The molecule has 0 spiro atoms. The third kappa shape index (κ3) is 3.39. The summed E-state index contributed by atoms with van der Waals surface area (Å²) in [6, 6.07) is 0.652. The average molecular weight is 529 g/mol. The van der Waals surface area contributed by atoms with Gasteiger partial charge in [-0.3, -0.25) is 4.90 Å². The average Bonchev–Trinajstić information content (AvgIpc) is 3.71. The van der Waals surface area contributed by atoms with Gasteiger partial charge in [-0.1, -0.05) is 19.0 Å². The minimum atomic E-state index is 0.414. The van der Waals surface area contributed by atoms with E-state index < -0.39 is 0 Å². The van der Waals surface area contributed by atoms with E-state index >= 15 is 0 Å². The van der Waals surface area contributed by atoms with Crippen LogP contribution in [0.1, 0.15) is 82.7 Å². The fraction of sp³-hybridized carbons (Fsp3) is 0.500. The third-order valence-electron chi connectivity index (χ3n) is 9.47. The van der Waals surface area contributed by atoms with Crippen molar-refractivity contribution in [3.05, 3.63) is 56.7 Å². The number of rotatable bonds is 5. The monoisotopic (exact) mass is 528 g/mol. The van der Waals surface area contributed by atoms with E-state index in [1.165, 1.54) is 68.7 Å². The van der Waals surface area contributed by atoms with Crippen LogP contribution in [0.25, 0.3) is 27.1 Å². The van der Waals surface area contributed by atoms with E-state index in [0.29, 0.717) is 17.9 Å². The van der Waals surface area contributed by atoms with Crippen LogP contribution in [-0.4, -0.2) is 42.2 Å². The molecule has 2 aliphatic rings. The summed E-state index contributed by atoms with van der Waals surface area (Å²) < 4.78 is 7.35. The summed E-state index contributed by atoms with van der Waals surface area (Å²) in [6.07, 6.45) is 6.34. The second-order valence-electron chi connectivity index (χ2n) is 11.9. The van der Waals surface area contributed by atoms with Crippen molar-refractivity contribution < 1.29 is 4.52 Å². The third-order valence-corrected chi connectivity index (χ3v) is 10.8. The largest absolute Gasteiger partial charge is 0.361 e. The van der Waals surface area contributed by atoms with Gasteiger partial charge in [-0.25, -0.2) is 9.50 Å². The fourth-order valence-corrected chi connectivity index (χ4v) is 8.77. The number of aromatic nitrogens is 5. The first-order chi connectivity index (χ1) is 18.2. The number of hydrogen-bond donors (Lipinski definition) is 1. The van der Waals surface area contributed by atoms with Gasteiger partial charge < -0.3 is 9.51 Å². The minimum Gasteiger partial charge on any atom is -0.361 e. The van der Waals surface area contributed by atoms with Crippen LogP contribution < -0.4 is 0 Å². The predicted molar refractivity (Wildman–Crippen MR) is 152 cm³/mol. The Morgan fingerprint density at radius 2 is 1.92 bits per heavy atom. The molecule has 6 heterocycles. The molecule has 5 aromatic heterocycles. The lowest BCUT2D eigenvalue weighted by Crippen LogP contribution is -2.34. The van der Waals surface area contributed by atoms with Crippen molar-refractivity contribution in [1.29, 1.82) is 0 Å². The molecular weight excluding hydrogens is 492 g/mol. The molecule has 8 heteroatoms. The number of aromatic amines is 1. The molecule has 0 radical (unpaired) electrons. The molecule has 2 fully saturated rings. The van der Waals surface area contributed by atoms with Gasteiger partial charge in [0, 0.05) is 46.7 Å². The van der Waals surface area contributed by atoms with Gasteiger partial charge in [-0.15, -0.1) is 11.3 Å². The molecule has 198 valence electrons. The van der Waals surface area contributed by atoms with Crippen molar-refractivity contribution in [3.8, 4) is 11.3 Å². The van der Waals surface area contributed by atoms with Crippen LogP contribution in [0, 0.1) is 40.5 Å². The number of hydrogen-bond acceptors (Lipinski definition) is 6. The number of aryl methyl sites for hydroxylation is 4. The number of H-pyrrole nitrogens is 1. The molecule has 1 saturated heterocycles. The number of nitrogens with zero attached hydrogens (tertiary/aromatic N) is 5. The Bertz CT molecular complexity index is 1680. The van der Waals surface area contributed by atoms with Gasteiger partial charge in [-0.05, 0) is 87.5 Å². The van der Waals surface area contributed by atoms with E-state index in [2.05, 4.69) is 72.9 Å². The molecule has 7 nitrogen and oxygen atoms in total. The van der Waals surface area contributed by atoms with Crippen LogP contribution in [0.4, 0.5) is 0 Å². The number of fused-ring (bicyclic) bond motifs is 4. The van der Waals surface area contributed by atoms with Gasteiger partial charge in [0.1, 0.15) is 16.9 Å². The van der Waals surface area contributed by atoms with Crippen LogP contribution in [0.2, 0.25) is 0 Å². The normalized spacial score (nSPS) is 21.7. The Morgan fingerprint density at radius 1 is 1.11 bits per heavy atom. The Morgan fingerprint density at radius 3 is 2.61 bits per heavy atom. The van der Waals surface area contributed by atoms with Gasteiger partial charge in [-0.2, -0.15) is 5.10 Å². The molecule has 38 heavy (non-hydrogen) atoms. The maximum Gasteiger partial charge on any atom is 0.158 e. The van der Waals surface area contributed by atoms with E-state index in [1.807, 2.05) is 22.8 Å². The zero-order valence-electron chi connectivity index (χ0n) is 23.3. The summed E-state index contributed by atoms with van der Waals surface area (Å²) in [7, 11) is 0. The Labute approximate surface area is 227 Å². The number of piperidine rings is 1. The fourth-order valence-electron chi connectivity index (χ4n) is 7.34.